The highest BCUT2D eigenvalue weighted by molar-refractivity contribution is 6.10. The molecule has 0 aliphatic rings. The number of amides is 2. The van der Waals surface area contributed by atoms with E-state index in [-0.39, 0.29) is 0 Å². The lowest BCUT2D eigenvalue weighted by Crippen LogP contribution is -2.18. The minimum absolute atomic E-state index is 0.394. The predicted molar refractivity (Wildman–Crippen MR) is 103 cm³/mol. The van der Waals surface area contributed by atoms with Crippen LogP contribution in [0, 0.1) is 23.3 Å². The third-order valence-electron chi connectivity index (χ3n) is 4.45. The lowest BCUT2D eigenvalue weighted by molar-refractivity contribution is 0.0989. The standard InChI is InChI=1S/C20H14F4N4O2/c21-11-5-15(25)13(23)3-9(11)17-7(19(27)29)1-2-8(20(28)30)18(17)10-4-14(24)16(26)6-12(10)22/h1-6H,25-26H2,(H2,27,29)(H2,28,30). The molecule has 8 N–H and O–H groups in total. The molecule has 0 saturated carbocycles. The first-order valence-corrected chi connectivity index (χ1v) is 8.29. The molecule has 0 fully saturated rings. The second-order valence-corrected chi connectivity index (χ2v) is 6.35. The maximum absolute atomic E-state index is 14.7. The van der Waals surface area contributed by atoms with Gasteiger partial charge in [0.1, 0.15) is 23.3 Å². The van der Waals surface area contributed by atoms with Crippen molar-refractivity contribution in [1.29, 1.82) is 0 Å². The Morgan fingerprint density at radius 3 is 1.23 bits per heavy atom. The van der Waals surface area contributed by atoms with Crippen LogP contribution in [0.15, 0.2) is 36.4 Å². The van der Waals surface area contributed by atoms with E-state index in [4.69, 9.17) is 22.9 Å². The van der Waals surface area contributed by atoms with Crippen LogP contribution in [0.3, 0.4) is 0 Å². The number of hydrogen-bond donors (Lipinski definition) is 4. The number of carbonyl (C=O) groups is 2. The van der Waals surface area contributed by atoms with Gasteiger partial charge in [0.15, 0.2) is 0 Å². The minimum atomic E-state index is -1.10. The number of hydrogen-bond acceptors (Lipinski definition) is 4. The van der Waals surface area contributed by atoms with E-state index in [0.717, 1.165) is 12.1 Å². The lowest BCUT2D eigenvalue weighted by Gasteiger charge is -2.19. The fraction of sp³-hybridized carbons (Fsp3) is 0. The third-order valence-corrected chi connectivity index (χ3v) is 4.45. The third kappa shape index (κ3) is 3.39. The summed E-state index contributed by atoms with van der Waals surface area (Å²) in [4.78, 5) is 24.0. The van der Waals surface area contributed by atoms with E-state index in [9.17, 15) is 27.2 Å². The molecule has 0 unspecified atom stereocenters. The number of carbonyl (C=O) groups excluding carboxylic acids is 2. The molecule has 30 heavy (non-hydrogen) atoms. The molecule has 2 amide bonds. The van der Waals surface area contributed by atoms with Crippen molar-refractivity contribution in [1.82, 2.24) is 0 Å². The Hall–Kier alpha value is -4.08. The molecule has 0 saturated heterocycles. The zero-order valence-electron chi connectivity index (χ0n) is 15.1. The van der Waals surface area contributed by atoms with E-state index < -0.39 is 79.8 Å². The molecule has 6 nitrogen and oxygen atoms in total. The van der Waals surface area contributed by atoms with E-state index in [1.807, 2.05) is 0 Å². The minimum Gasteiger partial charge on any atom is -0.396 e. The summed E-state index contributed by atoms with van der Waals surface area (Å²) in [5.74, 6) is -6.51. The number of anilines is 2. The summed E-state index contributed by atoms with van der Waals surface area (Å²) in [7, 11) is 0. The van der Waals surface area contributed by atoms with Crippen LogP contribution in [-0.4, -0.2) is 11.8 Å². The van der Waals surface area contributed by atoms with Gasteiger partial charge in [-0.1, -0.05) is 0 Å². The second-order valence-electron chi connectivity index (χ2n) is 6.35. The van der Waals surface area contributed by atoms with Gasteiger partial charge in [0.25, 0.3) is 0 Å². The number of nitrogen functional groups attached to an aromatic ring is 2. The summed E-state index contributed by atoms with van der Waals surface area (Å²) in [6.07, 6.45) is 0. The van der Waals surface area contributed by atoms with E-state index in [2.05, 4.69) is 0 Å². The molecule has 0 aliphatic carbocycles. The molecular formula is C20H14F4N4O2. The van der Waals surface area contributed by atoms with Crippen molar-refractivity contribution in [2.24, 2.45) is 11.5 Å². The van der Waals surface area contributed by atoms with Crippen molar-refractivity contribution in [3.63, 3.8) is 0 Å². The van der Waals surface area contributed by atoms with Gasteiger partial charge in [-0.15, -0.1) is 0 Å². The van der Waals surface area contributed by atoms with Gasteiger partial charge in [0.05, 0.1) is 11.4 Å². The Bertz CT molecular complexity index is 1130. The van der Waals surface area contributed by atoms with Gasteiger partial charge in [-0.3, -0.25) is 9.59 Å². The molecule has 0 atom stereocenters. The Balaban J connectivity index is 2.58. The van der Waals surface area contributed by atoms with Gasteiger partial charge in [-0.2, -0.15) is 0 Å². The average Bonchev–Trinajstić information content (AvgIpc) is 2.66. The van der Waals surface area contributed by atoms with Crippen LogP contribution in [-0.2, 0) is 0 Å². The van der Waals surface area contributed by atoms with Crippen molar-refractivity contribution < 1.29 is 27.2 Å². The summed E-state index contributed by atoms with van der Waals surface area (Å²) in [6.45, 7) is 0. The molecule has 154 valence electrons. The smallest absolute Gasteiger partial charge is 0.249 e. The molecule has 3 aromatic carbocycles. The van der Waals surface area contributed by atoms with Crippen molar-refractivity contribution in [2.75, 3.05) is 11.5 Å². The first-order valence-electron chi connectivity index (χ1n) is 8.29. The van der Waals surface area contributed by atoms with E-state index in [0.29, 0.717) is 24.3 Å². The van der Waals surface area contributed by atoms with E-state index in [1.54, 1.807) is 0 Å². The van der Waals surface area contributed by atoms with E-state index in [1.165, 1.54) is 0 Å². The van der Waals surface area contributed by atoms with Crippen LogP contribution in [0.5, 0.6) is 0 Å². The maximum atomic E-state index is 14.7. The summed E-state index contributed by atoms with van der Waals surface area (Å²) in [5.41, 5.74) is 17.5. The molecular weight excluding hydrogens is 404 g/mol. The summed E-state index contributed by atoms with van der Waals surface area (Å²) in [5, 5.41) is 0. The quantitative estimate of drug-likeness (QED) is 0.382. The fourth-order valence-electron chi connectivity index (χ4n) is 3.08. The summed E-state index contributed by atoms with van der Waals surface area (Å²) >= 11 is 0. The Morgan fingerprint density at radius 1 is 0.600 bits per heavy atom. The molecule has 3 rings (SSSR count). The molecule has 0 bridgehead atoms. The Labute approximate surface area is 167 Å². The zero-order chi connectivity index (χ0) is 22.3. The molecule has 0 spiro atoms. The SMILES string of the molecule is NC(=O)c1ccc(C(N)=O)c(-c2cc(F)c(N)cc2F)c1-c1cc(F)c(N)cc1F. The summed E-state index contributed by atoms with van der Waals surface area (Å²) < 4.78 is 57.7. The van der Waals surface area contributed by atoms with Gasteiger partial charge < -0.3 is 22.9 Å². The van der Waals surface area contributed by atoms with Crippen molar-refractivity contribution >= 4 is 23.2 Å². The van der Waals surface area contributed by atoms with Gasteiger partial charge in [-0.25, -0.2) is 17.6 Å². The fourth-order valence-corrected chi connectivity index (χ4v) is 3.08. The monoisotopic (exact) mass is 418 g/mol. The van der Waals surface area contributed by atoms with Gasteiger partial charge in [0, 0.05) is 45.5 Å². The molecule has 3 aromatic rings. The Kier molecular flexibility index (Phi) is 5.09. The number of nitrogens with two attached hydrogens (primary N) is 4. The number of primary amides is 2. The Morgan fingerprint density at radius 2 is 0.933 bits per heavy atom. The number of rotatable bonds is 4. The molecule has 0 radical (unpaired) electrons. The van der Waals surface area contributed by atoms with Crippen molar-refractivity contribution in [3.05, 3.63) is 70.8 Å². The molecule has 0 heterocycles. The van der Waals surface area contributed by atoms with E-state index >= 15 is 0 Å². The van der Waals surface area contributed by atoms with Crippen molar-refractivity contribution in [3.8, 4) is 22.3 Å². The zero-order valence-corrected chi connectivity index (χ0v) is 15.1. The lowest BCUT2D eigenvalue weighted by atomic mass is 9.85. The molecule has 0 aliphatic heterocycles. The molecule has 0 aromatic heterocycles. The van der Waals surface area contributed by atoms with Gasteiger partial charge >= 0.3 is 0 Å². The highest BCUT2D eigenvalue weighted by Crippen LogP contribution is 2.41. The predicted octanol–water partition coefficient (Wildman–Crippen LogP) is 2.94. The molecule has 10 heteroatoms. The number of halogens is 4. The first-order chi connectivity index (χ1) is 14.0. The van der Waals surface area contributed by atoms with Crippen molar-refractivity contribution in [2.45, 2.75) is 0 Å². The van der Waals surface area contributed by atoms with Crippen LogP contribution in [0.1, 0.15) is 20.7 Å². The normalized spacial score (nSPS) is 10.8. The van der Waals surface area contributed by atoms with Gasteiger partial charge in [-0.05, 0) is 24.3 Å². The van der Waals surface area contributed by atoms with Crippen LogP contribution >= 0.6 is 0 Å². The van der Waals surface area contributed by atoms with Crippen LogP contribution in [0.4, 0.5) is 28.9 Å². The summed E-state index contributed by atoms with van der Waals surface area (Å²) in [6, 6.07) is 4.64. The average molecular weight is 418 g/mol. The number of benzene rings is 3. The maximum Gasteiger partial charge on any atom is 0.249 e. The van der Waals surface area contributed by atoms with Crippen LogP contribution in [0.25, 0.3) is 22.3 Å². The van der Waals surface area contributed by atoms with Crippen LogP contribution < -0.4 is 22.9 Å². The first kappa shape index (κ1) is 20.6. The highest BCUT2D eigenvalue weighted by atomic mass is 19.1. The van der Waals surface area contributed by atoms with Crippen LogP contribution in [0.2, 0.25) is 0 Å². The topological polar surface area (TPSA) is 138 Å². The van der Waals surface area contributed by atoms with Gasteiger partial charge in [0.2, 0.25) is 11.8 Å². The second kappa shape index (κ2) is 7.39. The highest BCUT2D eigenvalue weighted by Gasteiger charge is 2.27. The largest absolute Gasteiger partial charge is 0.396 e.